The van der Waals surface area contributed by atoms with E-state index in [-0.39, 0.29) is 5.91 Å². The number of rotatable bonds is 7. The molecule has 190 valence electrons. The van der Waals surface area contributed by atoms with Crippen LogP contribution in [0.5, 0.6) is 0 Å². The Balaban J connectivity index is 1.17. The van der Waals surface area contributed by atoms with Crippen LogP contribution in [0.1, 0.15) is 53.7 Å². The number of nitrogens with zero attached hydrogens (tertiary/aromatic N) is 4. The molecule has 0 atom stereocenters. The number of H-pyrrole nitrogens is 1. The lowest BCUT2D eigenvalue weighted by Gasteiger charge is -2.26. The molecule has 0 bridgehead atoms. The number of likely N-dealkylation sites (tertiary alicyclic amines) is 2. The molecule has 6 rings (SSSR count). The van der Waals surface area contributed by atoms with Crippen LogP contribution in [-0.2, 0) is 13.1 Å². The van der Waals surface area contributed by atoms with Crippen LogP contribution in [0.25, 0.3) is 22.0 Å². The van der Waals surface area contributed by atoms with Crippen LogP contribution in [0.15, 0.2) is 60.9 Å². The third kappa shape index (κ3) is 5.58. The summed E-state index contributed by atoms with van der Waals surface area (Å²) in [6.07, 6.45) is 10.3. The van der Waals surface area contributed by atoms with Gasteiger partial charge in [-0.05, 0) is 98.9 Å². The Kier molecular flexibility index (Phi) is 6.97. The lowest BCUT2D eigenvalue weighted by Crippen LogP contribution is -2.29. The Morgan fingerprint density at radius 2 is 1.49 bits per heavy atom. The third-order valence-corrected chi connectivity index (χ3v) is 7.58. The first-order valence-corrected chi connectivity index (χ1v) is 13.5. The van der Waals surface area contributed by atoms with Crippen molar-refractivity contribution in [3.63, 3.8) is 0 Å². The van der Waals surface area contributed by atoms with Crippen LogP contribution < -0.4 is 5.32 Å². The summed E-state index contributed by atoms with van der Waals surface area (Å²) in [6, 6.07) is 16.4. The zero-order chi connectivity index (χ0) is 25.0. The predicted octanol–water partition coefficient (Wildman–Crippen LogP) is 5.46. The summed E-state index contributed by atoms with van der Waals surface area (Å²) < 4.78 is 0. The van der Waals surface area contributed by atoms with Crippen LogP contribution in [0, 0.1) is 0 Å². The van der Waals surface area contributed by atoms with Crippen molar-refractivity contribution in [2.75, 3.05) is 31.5 Å². The molecule has 2 aliphatic heterocycles. The molecule has 4 heterocycles. The largest absolute Gasteiger partial charge is 0.321 e. The number of fused-ring (bicyclic) bond motifs is 1. The maximum atomic E-state index is 13.2. The number of amides is 1. The van der Waals surface area contributed by atoms with Crippen molar-refractivity contribution in [3.8, 4) is 11.1 Å². The van der Waals surface area contributed by atoms with Crippen molar-refractivity contribution in [2.45, 2.75) is 45.2 Å². The number of carbonyl (C=O) groups is 1. The number of benzene rings is 2. The number of hydrogen-bond donors (Lipinski definition) is 2. The Morgan fingerprint density at radius 3 is 2.24 bits per heavy atom. The molecule has 4 aromatic rings. The SMILES string of the molecule is O=C(Nc1ccc(CN2CCCC2)cc1)c1n[nH]c2ccc(-c3cncc(CN4CCCCC4)c3)cc12. The second-order valence-corrected chi connectivity index (χ2v) is 10.4. The lowest BCUT2D eigenvalue weighted by molar-refractivity contribution is 0.102. The van der Waals surface area contributed by atoms with Crippen LogP contribution >= 0.6 is 0 Å². The fourth-order valence-electron chi connectivity index (χ4n) is 5.56. The van der Waals surface area contributed by atoms with Crippen LogP contribution in [0.4, 0.5) is 5.69 Å². The van der Waals surface area contributed by atoms with E-state index in [1.807, 2.05) is 36.7 Å². The molecule has 2 aromatic carbocycles. The van der Waals surface area contributed by atoms with Gasteiger partial charge < -0.3 is 5.32 Å². The fraction of sp³-hybridized carbons (Fsp3) is 0.367. The minimum absolute atomic E-state index is 0.215. The van der Waals surface area contributed by atoms with E-state index in [1.165, 1.54) is 56.3 Å². The summed E-state index contributed by atoms with van der Waals surface area (Å²) in [5, 5.41) is 11.2. The number of piperidine rings is 1. The molecule has 2 fully saturated rings. The molecule has 1 amide bonds. The minimum atomic E-state index is -0.215. The van der Waals surface area contributed by atoms with Crippen LogP contribution in [0.2, 0.25) is 0 Å². The Hall–Kier alpha value is -3.55. The first-order valence-electron chi connectivity index (χ1n) is 13.5. The molecule has 7 heteroatoms. The van der Waals surface area contributed by atoms with E-state index in [0.29, 0.717) is 5.69 Å². The highest BCUT2D eigenvalue weighted by molar-refractivity contribution is 6.11. The van der Waals surface area contributed by atoms with Crippen molar-refractivity contribution in [3.05, 3.63) is 77.7 Å². The van der Waals surface area contributed by atoms with Crippen LogP contribution in [-0.4, -0.2) is 57.1 Å². The number of pyridine rings is 1. The zero-order valence-electron chi connectivity index (χ0n) is 21.2. The highest BCUT2D eigenvalue weighted by Gasteiger charge is 2.17. The molecular weight excluding hydrogens is 460 g/mol. The van der Waals surface area contributed by atoms with E-state index in [4.69, 9.17) is 0 Å². The van der Waals surface area contributed by atoms with Crippen molar-refractivity contribution in [1.29, 1.82) is 0 Å². The number of nitrogens with one attached hydrogen (secondary N) is 2. The van der Waals surface area contributed by atoms with Gasteiger partial charge >= 0.3 is 0 Å². The van der Waals surface area contributed by atoms with Gasteiger partial charge in [-0.2, -0.15) is 5.10 Å². The van der Waals surface area contributed by atoms with E-state index in [9.17, 15) is 4.79 Å². The molecule has 2 saturated heterocycles. The van der Waals surface area contributed by atoms with Gasteiger partial charge in [-0.25, -0.2) is 0 Å². The molecule has 0 aliphatic carbocycles. The van der Waals surface area contributed by atoms with Gasteiger partial charge in [0.15, 0.2) is 5.69 Å². The van der Waals surface area contributed by atoms with E-state index in [0.717, 1.165) is 53.9 Å². The van der Waals surface area contributed by atoms with Crippen LogP contribution in [0.3, 0.4) is 0 Å². The Morgan fingerprint density at radius 1 is 0.784 bits per heavy atom. The molecule has 2 aromatic heterocycles. The topological polar surface area (TPSA) is 77.1 Å². The maximum absolute atomic E-state index is 13.2. The second-order valence-electron chi connectivity index (χ2n) is 10.4. The monoisotopic (exact) mass is 494 g/mol. The summed E-state index contributed by atoms with van der Waals surface area (Å²) in [4.78, 5) is 22.6. The molecular formula is C30H34N6O. The van der Waals surface area contributed by atoms with Gasteiger partial charge in [-0.15, -0.1) is 0 Å². The second kappa shape index (κ2) is 10.8. The van der Waals surface area contributed by atoms with Gasteiger partial charge in [0.25, 0.3) is 5.91 Å². The number of aromatic amines is 1. The molecule has 0 spiro atoms. The summed E-state index contributed by atoms with van der Waals surface area (Å²) in [6.45, 7) is 6.56. The van der Waals surface area contributed by atoms with E-state index in [2.05, 4.69) is 54.6 Å². The summed E-state index contributed by atoms with van der Waals surface area (Å²) in [7, 11) is 0. The Bertz CT molecular complexity index is 1370. The van der Waals surface area contributed by atoms with Gasteiger partial charge in [0.05, 0.1) is 5.52 Å². The number of carbonyl (C=O) groups excluding carboxylic acids is 1. The average Bonchev–Trinajstić information content (AvgIpc) is 3.60. The average molecular weight is 495 g/mol. The number of aromatic nitrogens is 3. The van der Waals surface area contributed by atoms with E-state index in [1.54, 1.807) is 0 Å². The lowest BCUT2D eigenvalue weighted by atomic mass is 10.0. The highest BCUT2D eigenvalue weighted by atomic mass is 16.1. The normalized spacial score (nSPS) is 16.9. The van der Waals surface area contributed by atoms with Crippen molar-refractivity contribution in [2.24, 2.45) is 0 Å². The van der Waals surface area contributed by atoms with E-state index < -0.39 is 0 Å². The molecule has 0 saturated carbocycles. The van der Waals surface area contributed by atoms with Gasteiger partial charge in [-0.3, -0.25) is 24.7 Å². The summed E-state index contributed by atoms with van der Waals surface area (Å²) in [5.41, 5.74) is 6.59. The highest BCUT2D eigenvalue weighted by Crippen LogP contribution is 2.27. The van der Waals surface area contributed by atoms with Gasteiger partial charge in [0.1, 0.15) is 0 Å². The molecule has 2 aliphatic rings. The smallest absolute Gasteiger partial charge is 0.276 e. The van der Waals surface area contributed by atoms with Crippen molar-refractivity contribution in [1.82, 2.24) is 25.0 Å². The van der Waals surface area contributed by atoms with Crippen molar-refractivity contribution >= 4 is 22.5 Å². The van der Waals surface area contributed by atoms with Gasteiger partial charge in [-0.1, -0.05) is 24.6 Å². The molecule has 0 radical (unpaired) electrons. The first-order chi connectivity index (χ1) is 18.2. The quantitative estimate of drug-likeness (QED) is 0.357. The standard InChI is InChI=1S/C30H34N6O/c37-30(32-26-9-6-22(7-10-26)20-35-14-4-5-15-35)29-27-17-24(8-11-28(27)33-34-29)25-16-23(18-31-19-25)21-36-12-2-1-3-13-36/h6-11,16-19H,1-5,12-15,20-21H2,(H,32,37)(H,33,34). The number of hydrogen-bond acceptors (Lipinski definition) is 5. The minimum Gasteiger partial charge on any atom is -0.321 e. The molecule has 2 N–H and O–H groups in total. The van der Waals surface area contributed by atoms with Gasteiger partial charge in [0.2, 0.25) is 0 Å². The summed E-state index contributed by atoms with van der Waals surface area (Å²) in [5.74, 6) is -0.215. The molecule has 37 heavy (non-hydrogen) atoms. The number of anilines is 1. The van der Waals surface area contributed by atoms with E-state index >= 15 is 0 Å². The van der Waals surface area contributed by atoms with Gasteiger partial charge in [0, 0.05) is 42.1 Å². The first kappa shape index (κ1) is 23.8. The zero-order valence-corrected chi connectivity index (χ0v) is 21.2. The molecule has 0 unspecified atom stereocenters. The Labute approximate surface area is 217 Å². The summed E-state index contributed by atoms with van der Waals surface area (Å²) >= 11 is 0. The van der Waals surface area contributed by atoms with Crippen molar-refractivity contribution < 1.29 is 4.79 Å². The maximum Gasteiger partial charge on any atom is 0.276 e. The fourth-order valence-corrected chi connectivity index (χ4v) is 5.56. The third-order valence-electron chi connectivity index (χ3n) is 7.58. The molecule has 7 nitrogen and oxygen atoms in total. The predicted molar refractivity (Wildman–Crippen MR) is 147 cm³/mol.